The van der Waals surface area contributed by atoms with Gasteiger partial charge in [0.25, 0.3) is 5.91 Å². The van der Waals surface area contributed by atoms with Crippen LogP contribution in [0.2, 0.25) is 5.02 Å². The van der Waals surface area contributed by atoms with Crippen molar-refractivity contribution in [3.05, 3.63) is 106 Å². The fourth-order valence-corrected chi connectivity index (χ4v) is 4.42. The molecule has 1 aliphatic rings. The van der Waals surface area contributed by atoms with Gasteiger partial charge in [0.15, 0.2) is 0 Å². The van der Waals surface area contributed by atoms with Gasteiger partial charge < -0.3 is 10.0 Å². The number of phenolic OH excluding ortho intramolecular Hbond substituents is 1. The fraction of sp³-hybridized carbons (Fsp3) is 0.120. The Morgan fingerprint density at radius 1 is 1.00 bits per heavy atom. The Balaban J connectivity index is 1.61. The number of hydrogen-bond donors (Lipinski definition) is 2. The number of carbonyl (C=O) groups is 1. The number of aromatic nitrogens is 2. The average Bonchev–Trinajstić information content (AvgIpc) is 3.32. The second-order valence-electron chi connectivity index (χ2n) is 7.57. The average molecular weight is 430 g/mol. The molecular weight excluding hydrogens is 410 g/mol. The molecule has 1 amide bonds. The number of aromatic amines is 1. The van der Waals surface area contributed by atoms with Crippen LogP contribution >= 0.6 is 11.6 Å². The molecule has 4 aromatic rings. The van der Waals surface area contributed by atoms with E-state index < -0.39 is 0 Å². The molecule has 1 aromatic heterocycles. The third-order valence-electron chi connectivity index (χ3n) is 5.67. The topological polar surface area (TPSA) is 69.2 Å². The molecule has 0 bridgehead atoms. The number of H-pyrrole nitrogens is 1. The number of para-hydroxylation sites is 1. The first-order valence-corrected chi connectivity index (χ1v) is 10.5. The highest BCUT2D eigenvalue weighted by molar-refractivity contribution is 6.30. The summed E-state index contributed by atoms with van der Waals surface area (Å²) in [6, 6.07) is 24.3. The number of nitrogens with zero attached hydrogens (tertiary/aromatic N) is 2. The van der Waals surface area contributed by atoms with Crippen LogP contribution in [0.3, 0.4) is 0 Å². The Morgan fingerprint density at radius 3 is 2.55 bits per heavy atom. The molecule has 2 heterocycles. The summed E-state index contributed by atoms with van der Waals surface area (Å²) in [6.45, 7) is 0.544. The number of halogens is 1. The number of fused-ring (bicyclic) bond motifs is 1. The minimum Gasteiger partial charge on any atom is -0.507 e. The van der Waals surface area contributed by atoms with E-state index in [4.69, 9.17) is 11.6 Å². The minimum atomic E-state index is -0.349. The first-order chi connectivity index (χ1) is 15.1. The van der Waals surface area contributed by atoms with Crippen LogP contribution in [0.15, 0.2) is 78.9 Å². The number of carbonyl (C=O) groups excluding carboxylic acids is 1. The third-order valence-corrected chi connectivity index (χ3v) is 5.91. The van der Waals surface area contributed by atoms with Crippen molar-refractivity contribution in [1.82, 2.24) is 15.1 Å². The lowest BCUT2D eigenvalue weighted by atomic mass is 9.95. The summed E-state index contributed by atoms with van der Waals surface area (Å²) in [4.78, 5) is 15.2. The zero-order valence-corrected chi connectivity index (χ0v) is 17.4. The monoisotopic (exact) mass is 429 g/mol. The highest BCUT2D eigenvalue weighted by Crippen LogP contribution is 2.44. The van der Waals surface area contributed by atoms with Gasteiger partial charge in [-0.15, -0.1) is 0 Å². The summed E-state index contributed by atoms with van der Waals surface area (Å²) >= 11 is 6.30. The number of nitrogens with one attached hydrogen (secondary N) is 1. The van der Waals surface area contributed by atoms with Gasteiger partial charge in [0.1, 0.15) is 17.1 Å². The van der Waals surface area contributed by atoms with E-state index in [0.29, 0.717) is 28.5 Å². The van der Waals surface area contributed by atoms with Crippen molar-refractivity contribution in [2.45, 2.75) is 12.5 Å². The SMILES string of the molecule is O=C1c2[nH]nc(-c3ccccc3O)c2[C@@H](c2cccc(Cl)c2)N1CCc1ccccc1. The van der Waals surface area contributed by atoms with Crippen LogP contribution in [0.1, 0.15) is 33.2 Å². The van der Waals surface area contributed by atoms with Gasteiger partial charge in [-0.05, 0) is 41.8 Å². The van der Waals surface area contributed by atoms with Crippen LogP contribution in [0, 0.1) is 0 Å². The highest BCUT2D eigenvalue weighted by atomic mass is 35.5. The largest absolute Gasteiger partial charge is 0.507 e. The third kappa shape index (κ3) is 3.47. The summed E-state index contributed by atoms with van der Waals surface area (Å²) < 4.78 is 0. The molecule has 154 valence electrons. The lowest BCUT2D eigenvalue weighted by Gasteiger charge is -2.26. The number of aromatic hydroxyl groups is 1. The molecule has 1 aliphatic heterocycles. The number of benzene rings is 3. The lowest BCUT2D eigenvalue weighted by molar-refractivity contribution is 0.0746. The molecule has 5 nitrogen and oxygen atoms in total. The molecule has 2 N–H and O–H groups in total. The van der Waals surface area contributed by atoms with Gasteiger partial charge in [-0.3, -0.25) is 9.89 Å². The van der Waals surface area contributed by atoms with Gasteiger partial charge >= 0.3 is 0 Å². The van der Waals surface area contributed by atoms with Gasteiger partial charge in [0.05, 0.1) is 6.04 Å². The molecular formula is C25H20ClN3O2. The van der Waals surface area contributed by atoms with Crippen molar-refractivity contribution in [2.24, 2.45) is 0 Å². The fourth-order valence-electron chi connectivity index (χ4n) is 4.22. The number of amides is 1. The van der Waals surface area contributed by atoms with Gasteiger partial charge in [0, 0.05) is 22.7 Å². The molecule has 0 saturated heterocycles. The van der Waals surface area contributed by atoms with Crippen LogP contribution in [0.5, 0.6) is 5.75 Å². The van der Waals surface area contributed by atoms with E-state index in [2.05, 4.69) is 22.3 Å². The molecule has 0 radical (unpaired) electrons. The molecule has 0 fully saturated rings. The molecule has 3 aromatic carbocycles. The number of rotatable bonds is 5. The summed E-state index contributed by atoms with van der Waals surface area (Å²) in [5.41, 5.74) is 4.46. The second kappa shape index (κ2) is 7.93. The Hall–Kier alpha value is -3.57. The van der Waals surface area contributed by atoms with Crippen molar-refractivity contribution in [3.8, 4) is 17.0 Å². The van der Waals surface area contributed by atoms with Crippen molar-refractivity contribution in [3.63, 3.8) is 0 Å². The molecule has 0 unspecified atom stereocenters. The van der Waals surface area contributed by atoms with Crippen molar-refractivity contribution < 1.29 is 9.90 Å². The lowest BCUT2D eigenvalue weighted by Crippen LogP contribution is -2.31. The smallest absolute Gasteiger partial charge is 0.273 e. The predicted molar refractivity (Wildman–Crippen MR) is 120 cm³/mol. The maximum absolute atomic E-state index is 13.4. The second-order valence-corrected chi connectivity index (χ2v) is 8.01. The van der Waals surface area contributed by atoms with E-state index in [1.165, 1.54) is 0 Å². The Bertz CT molecular complexity index is 1250. The Kier molecular flexibility index (Phi) is 4.96. The molecule has 0 aliphatic carbocycles. The first-order valence-electron chi connectivity index (χ1n) is 10.1. The predicted octanol–water partition coefficient (Wildman–Crippen LogP) is 5.22. The molecule has 6 heteroatoms. The zero-order chi connectivity index (χ0) is 21.4. The van der Waals surface area contributed by atoms with Crippen molar-refractivity contribution in [2.75, 3.05) is 6.54 Å². The highest BCUT2D eigenvalue weighted by Gasteiger charge is 2.42. The molecule has 31 heavy (non-hydrogen) atoms. The standard InChI is InChI=1S/C25H20ClN3O2/c26-18-10-6-9-17(15-18)24-21-22(19-11-4-5-12-20(19)30)27-28-23(21)25(31)29(24)14-13-16-7-2-1-3-8-16/h1-12,15,24,30H,13-14H2,(H,27,28)/t24-/m1/s1. The van der Waals surface area contributed by atoms with E-state index in [-0.39, 0.29) is 17.7 Å². The van der Waals surface area contributed by atoms with Crippen LogP contribution in [-0.2, 0) is 6.42 Å². The van der Waals surface area contributed by atoms with E-state index in [0.717, 1.165) is 23.1 Å². The molecule has 0 spiro atoms. The molecule has 1 atom stereocenters. The van der Waals surface area contributed by atoms with Crippen molar-refractivity contribution in [1.29, 1.82) is 0 Å². The zero-order valence-electron chi connectivity index (χ0n) is 16.6. The first kappa shape index (κ1) is 19.4. The quantitative estimate of drug-likeness (QED) is 0.456. The van der Waals surface area contributed by atoms with E-state index in [9.17, 15) is 9.90 Å². The normalized spacial score (nSPS) is 15.3. The minimum absolute atomic E-state index is 0.106. The van der Waals surface area contributed by atoms with Crippen LogP contribution in [0.4, 0.5) is 0 Å². The van der Waals surface area contributed by atoms with E-state index in [1.807, 2.05) is 53.4 Å². The van der Waals surface area contributed by atoms with E-state index >= 15 is 0 Å². The Labute approximate surface area is 184 Å². The van der Waals surface area contributed by atoms with Gasteiger partial charge in [0.2, 0.25) is 0 Å². The summed E-state index contributed by atoms with van der Waals surface area (Å²) in [5.74, 6) is 0.0157. The van der Waals surface area contributed by atoms with Crippen molar-refractivity contribution >= 4 is 17.5 Å². The van der Waals surface area contributed by atoms with Gasteiger partial charge in [-0.2, -0.15) is 5.10 Å². The van der Waals surface area contributed by atoms with E-state index in [1.54, 1.807) is 18.2 Å². The van der Waals surface area contributed by atoms with Crippen LogP contribution < -0.4 is 0 Å². The van der Waals surface area contributed by atoms with Crippen LogP contribution in [-0.4, -0.2) is 32.7 Å². The van der Waals surface area contributed by atoms with Gasteiger partial charge in [-0.25, -0.2) is 0 Å². The maximum Gasteiger partial charge on any atom is 0.273 e. The number of phenols is 1. The van der Waals surface area contributed by atoms with Gasteiger partial charge in [-0.1, -0.05) is 66.2 Å². The summed E-state index contributed by atoms with van der Waals surface area (Å²) in [5, 5.41) is 18.4. The maximum atomic E-state index is 13.4. The number of hydrogen-bond acceptors (Lipinski definition) is 3. The molecule has 5 rings (SSSR count). The summed E-state index contributed by atoms with van der Waals surface area (Å²) in [7, 11) is 0. The van der Waals surface area contributed by atoms with Crippen LogP contribution in [0.25, 0.3) is 11.3 Å². The molecule has 0 saturated carbocycles. The summed E-state index contributed by atoms with van der Waals surface area (Å²) in [6.07, 6.45) is 0.729. The Morgan fingerprint density at radius 2 is 1.77 bits per heavy atom.